The number of carbonyl (C=O) groups is 2. The Hall–Kier alpha value is -1.59. The zero-order valence-corrected chi connectivity index (χ0v) is 9.15. The molecule has 0 saturated heterocycles. The van der Waals surface area contributed by atoms with Gasteiger partial charge in [-0.25, -0.2) is 4.79 Å². The molecule has 0 amide bonds. The lowest BCUT2D eigenvalue weighted by Gasteiger charge is -2.09. The molecule has 0 heterocycles. The normalized spacial score (nSPS) is 9.88. The maximum atomic E-state index is 11.3. The first-order chi connectivity index (χ1) is 7.57. The van der Waals surface area contributed by atoms with Gasteiger partial charge in [0.2, 0.25) is 0 Å². The van der Waals surface area contributed by atoms with Gasteiger partial charge in [0.05, 0.1) is 10.6 Å². The number of halogens is 1. The summed E-state index contributed by atoms with van der Waals surface area (Å²) in [4.78, 5) is 21.9. The van der Waals surface area contributed by atoms with E-state index in [1.54, 1.807) is 6.07 Å². The van der Waals surface area contributed by atoms with Crippen molar-refractivity contribution in [3.8, 4) is 5.75 Å². The van der Waals surface area contributed by atoms with Gasteiger partial charge in [-0.05, 0) is 12.1 Å². The fraction of sp³-hybridized carbons (Fsp3) is 0.200. The van der Waals surface area contributed by atoms with Crippen molar-refractivity contribution in [1.29, 1.82) is 0 Å². The van der Waals surface area contributed by atoms with Crippen molar-refractivity contribution in [3.63, 3.8) is 0 Å². The van der Waals surface area contributed by atoms with Crippen LogP contribution in [0.2, 0.25) is 5.02 Å². The van der Waals surface area contributed by atoms with E-state index in [2.05, 4.69) is 4.74 Å². The molecule has 6 heteroatoms. The number of hydrogen-bond donors (Lipinski definition) is 1. The van der Waals surface area contributed by atoms with Gasteiger partial charge in [-0.3, -0.25) is 4.79 Å². The van der Waals surface area contributed by atoms with Crippen LogP contribution in [0.25, 0.3) is 0 Å². The molecule has 86 valence electrons. The van der Waals surface area contributed by atoms with Gasteiger partial charge in [0.1, 0.15) is 5.75 Å². The third-order valence-electron chi connectivity index (χ3n) is 1.73. The van der Waals surface area contributed by atoms with Gasteiger partial charge >= 0.3 is 5.97 Å². The molecule has 16 heavy (non-hydrogen) atoms. The van der Waals surface area contributed by atoms with E-state index in [0.717, 1.165) is 0 Å². The fourth-order valence-electron chi connectivity index (χ4n) is 1.07. The van der Waals surface area contributed by atoms with Crippen LogP contribution in [-0.2, 0) is 9.53 Å². The third-order valence-corrected chi connectivity index (χ3v) is 2.04. The Morgan fingerprint density at radius 2 is 2.12 bits per heavy atom. The number of Topliss-reactive ketones (excluding diaryl/α,β-unsaturated/α-hetero) is 1. The molecule has 0 atom stereocenters. The van der Waals surface area contributed by atoms with Crippen LogP contribution in [-0.4, -0.2) is 30.8 Å². The molecule has 0 aliphatic carbocycles. The maximum Gasteiger partial charge on any atom is 0.377 e. The van der Waals surface area contributed by atoms with E-state index in [9.17, 15) is 9.59 Å². The van der Waals surface area contributed by atoms with Crippen LogP contribution in [0.3, 0.4) is 0 Å². The van der Waals surface area contributed by atoms with Crippen molar-refractivity contribution >= 4 is 23.4 Å². The molecular weight excluding hydrogens is 236 g/mol. The van der Waals surface area contributed by atoms with E-state index in [1.165, 1.54) is 19.2 Å². The SMILES string of the molecule is COCOc1cccc(Cl)c1C(=O)C(=O)O. The zero-order valence-electron chi connectivity index (χ0n) is 8.40. The summed E-state index contributed by atoms with van der Waals surface area (Å²) in [7, 11) is 1.41. The van der Waals surface area contributed by atoms with Crippen molar-refractivity contribution in [2.45, 2.75) is 0 Å². The number of rotatable bonds is 5. The summed E-state index contributed by atoms with van der Waals surface area (Å²) in [6, 6.07) is 4.41. The summed E-state index contributed by atoms with van der Waals surface area (Å²) in [5, 5.41) is 8.64. The highest BCUT2D eigenvalue weighted by Crippen LogP contribution is 2.27. The van der Waals surface area contributed by atoms with E-state index in [-0.39, 0.29) is 23.1 Å². The number of carbonyl (C=O) groups excluding carboxylic acids is 1. The predicted octanol–water partition coefficient (Wildman–Crippen LogP) is 1.59. The molecule has 1 rings (SSSR count). The Balaban J connectivity index is 3.13. The second kappa shape index (κ2) is 5.48. The Morgan fingerprint density at radius 1 is 1.44 bits per heavy atom. The van der Waals surface area contributed by atoms with Crippen LogP contribution in [0, 0.1) is 0 Å². The molecule has 0 fully saturated rings. The summed E-state index contributed by atoms with van der Waals surface area (Å²) in [5.41, 5.74) is -0.172. The summed E-state index contributed by atoms with van der Waals surface area (Å²) < 4.78 is 9.70. The van der Waals surface area contributed by atoms with Crippen LogP contribution in [0.5, 0.6) is 5.75 Å². The highest BCUT2D eigenvalue weighted by atomic mass is 35.5. The van der Waals surface area contributed by atoms with Crippen molar-refractivity contribution in [1.82, 2.24) is 0 Å². The quantitative estimate of drug-likeness (QED) is 0.484. The van der Waals surface area contributed by atoms with E-state index in [0.29, 0.717) is 0 Å². The third kappa shape index (κ3) is 2.71. The first-order valence-electron chi connectivity index (χ1n) is 4.25. The molecule has 5 nitrogen and oxygen atoms in total. The standard InChI is InChI=1S/C10H9ClO5/c1-15-5-16-7-4-2-3-6(11)8(7)9(12)10(13)14/h2-4H,5H2,1H3,(H,13,14). The largest absolute Gasteiger partial charge is 0.475 e. The number of benzene rings is 1. The Kier molecular flexibility index (Phi) is 4.28. The molecule has 0 aliphatic rings. The van der Waals surface area contributed by atoms with Crippen molar-refractivity contribution in [2.24, 2.45) is 0 Å². The lowest BCUT2D eigenvalue weighted by Crippen LogP contribution is -2.15. The molecule has 0 spiro atoms. The molecule has 0 aromatic heterocycles. The van der Waals surface area contributed by atoms with Gasteiger partial charge in [-0.1, -0.05) is 17.7 Å². The lowest BCUT2D eigenvalue weighted by molar-refractivity contribution is -0.131. The molecule has 1 N–H and O–H groups in total. The van der Waals surface area contributed by atoms with E-state index in [1.807, 2.05) is 0 Å². The predicted molar refractivity (Wildman–Crippen MR) is 55.9 cm³/mol. The van der Waals surface area contributed by atoms with E-state index >= 15 is 0 Å². The highest BCUT2D eigenvalue weighted by Gasteiger charge is 2.22. The number of carboxylic acid groups (broad SMARTS) is 1. The van der Waals surface area contributed by atoms with Crippen LogP contribution in [0.4, 0.5) is 0 Å². The smallest absolute Gasteiger partial charge is 0.377 e. The summed E-state index contributed by atoms with van der Waals surface area (Å²) in [5.74, 6) is -2.62. The number of hydrogen-bond acceptors (Lipinski definition) is 4. The summed E-state index contributed by atoms with van der Waals surface area (Å²) >= 11 is 5.74. The van der Waals surface area contributed by atoms with Gasteiger partial charge in [-0.15, -0.1) is 0 Å². The van der Waals surface area contributed by atoms with Crippen molar-refractivity contribution in [3.05, 3.63) is 28.8 Å². The molecule has 0 radical (unpaired) electrons. The number of aliphatic carboxylic acids is 1. The van der Waals surface area contributed by atoms with Crippen LogP contribution >= 0.6 is 11.6 Å². The first-order valence-corrected chi connectivity index (χ1v) is 4.63. The summed E-state index contributed by atoms with van der Waals surface area (Å²) in [6.45, 7) is -0.0970. The van der Waals surface area contributed by atoms with Crippen LogP contribution in [0.1, 0.15) is 10.4 Å². The molecule has 1 aromatic rings. The van der Waals surface area contributed by atoms with Gasteiger partial charge in [0, 0.05) is 7.11 Å². The molecular formula is C10H9ClO5. The molecule has 0 bridgehead atoms. The second-order valence-electron chi connectivity index (χ2n) is 2.80. The molecule has 1 aromatic carbocycles. The highest BCUT2D eigenvalue weighted by molar-refractivity contribution is 6.45. The molecule has 0 unspecified atom stereocenters. The zero-order chi connectivity index (χ0) is 12.1. The lowest BCUT2D eigenvalue weighted by atomic mass is 10.1. The minimum Gasteiger partial charge on any atom is -0.475 e. The molecule has 0 aliphatic heterocycles. The first kappa shape index (κ1) is 12.5. The average Bonchev–Trinajstić information content (AvgIpc) is 2.25. The number of ether oxygens (including phenoxy) is 2. The minimum absolute atomic E-state index is 0.0287. The number of carboxylic acids is 1. The van der Waals surface area contributed by atoms with Gasteiger partial charge in [0.15, 0.2) is 6.79 Å². The van der Waals surface area contributed by atoms with Gasteiger partial charge in [0.25, 0.3) is 5.78 Å². The topological polar surface area (TPSA) is 72.8 Å². The minimum atomic E-state index is -1.59. The Morgan fingerprint density at radius 3 is 2.69 bits per heavy atom. The van der Waals surface area contributed by atoms with Gasteiger partial charge < -0.3 is 14.6 Å². The van der Waals surface area contributed by atoms with Gasteiger partial charge in [-0.2, -0.15) is 0 Å². The number of ketones is 1. The maximum absolute atomic E-state index is 11.3. The fourth-order valence-corrected chi connectivity index (χ4v) is 1.33. The van der Waals surface area contributed by atoms with Crippen LogP contribution < -0.4 is 4.74 Å². The Labute approximate surface area is 96.5 Å². The van der Waals surface area contributed by atoms with Crippen LogP contribution in [0.15, 0.2) is 18.2 Å². The van der Waals surface area contributed by atoms with Crippen molar-refractivity contribution in [2.75, 3.05) is 13.9 Å². The molecule has 0 saturated carbocycles. The van der Waals surface area contributed by atoms with Crippen molar-refractivity contribution < 1.29 is 24.2 Å². The monoisotopic (exact) mass is 244 g/mol. The summed E-state index contributed by atoms with van der Waals surface area (Å²) in [6.07, 6.45) is 0. The Bertz CT molecular complexity index is 416. The van der Waals surface area contributed by atoms with E-state index in [4.69, 9.17) is 21.4 Å². The van der Waals surface area contributed by atoms with E-state index < -0.39 is 11.8 Å². The number of methoxy groups -OCH3 is 1. The second-order valence-corrected chi connectivity index (χ2v) is 3.21. The average molecular weight is 245 g/mol.